The van der Waals surface area contributed by atoms with E-state index >= 15 is 0 Å². The lowest BCUT2D eigenvalue weighted by molar-refractivity contribution is 0.0796. The fourth-order valence-electron chi connectivity index (χ4n) is 1.67. The van der Waals surface area contributed by atoms with Crippen molar-refractivity contribution in [1.82, 2.24) is 9.88 Å². The van der Waals surface area contributed by atoms with Gasteiger partial charge in [0.2, 0.25) is 0 Å². The Morgan fingerprint density at radius 2 is 2.07 bits per heavy atom. The van der Waals surface area contributed by atoms with Gasteiger partial charge in [-0.25, -0.2) is 0 Å². The third kappa shape index (κ3) is 1.59. The van der Waals surface area contributed by atoms with Crippen LogP contribution in [0.15, 0.2) is 4.79 Å². The van der Waals surface area contributed by atoms with Crippen LogP contribution in [0.2, 0.25) is 0 Å². The molecular weight excluding hydrogens is 200 g/mol. The number of aromatic nitrogens is 1. The second-order valence-electron chi connectivity index (χ2n) is 3.47. The molecule has 2 rings (SSSR count). The summed E-state index contributed by atoms with van der Waals surface area (Å²) in [5.41, 5.74) is 0.692. The normalized spacial score (nSPS) is 16.2. The maximum Gasteiger partial charge on any atom is 0.305 e. The van der Waals surface area contributed by atoms with Gasteiger partial charge in [-0.2, -0.15) is 0 Å². The van der Waals surface area contributed by atoms with Crippen molar-refractivity contribution in [3.8, 4) is 0 Å². The predicted molar refractivity (Wildman–Crippen MR) is 54.8 cm³/mol. The molecule has 0 aromatic carbocycles. The smallest absolute Gasteiger partial charge is 0.305 e. The number of hydrogen-bond donors (Lipinski definition) is 1. The number of nitrogens with zero attached hydrogens (tertiary/aromatic N) is 1. The first-order valence-electron chi connectivity index (χ1n) is 4.67. The van der Waals surface area contributed by atoms with Gasteiger partial charge in [-0.15, -0.1) is 0 Å². The molecular formula is C9H12N2O2S. The van der Waals surface area contributed by atoms with E-state index in [4.69, 9.17) is 0 Å². The topological polar surface area (TPSA) is 53.2 Å². The summed E-state index contributed by atoms with van der Waals surface area (Å²) in [6.07, 6.45) is 2.15. The lowest BCUT2D eigenvalue weighted by Crippen LogP contribution is -2.27. The molecule has 1 aromatic rings. The quantitative estimate of drug-likeness (QED) is 0.754. The molecule has 1 aromatic heterocycles. The van der Waals surface area contributed by atoms with Gasteiger partial charge in [0, 0.05) is 18.8 Å². The minimum atomic E-state index is -0.148. The molecule has 2 heterocycles. The number of rotatable bonds is 1. The molecule has 1 N–H and O–H groups in total. The monoisotopic (exact) mass is 212 g/mol. The second-order valence-corrected chi connectivity index (χ2v) is 4.45. The van der Waals surface area contributed by atoms with E-state index in [1.54, 1.807) is 6.92 Å². The highest BCUT2D eigenvalue weighted by atomic mass is 32.1. The lowest BCUT2D eigenvalue weighted by Gasteiger charge is -2.13. The first-order valence-corrected chi connectivity index (χ1v) is 5.49. The van der Waals surface area contributed by atoms with Crippen molar-refractivity contribution in [1.29, 1.82) is 0 Å². The van der Waals surface area contributed by atoms with Crippen LogP contribution in [-0.4, -0.2) is 28.9 Å². The molecule has 1 amide bonds. The van der Waals surface area contributed by atoms with Gasteiger partial charge < -0.3 is 9.88 Å². The average Bonchev–Trinajstić information content (AvgIpc) is 2.73. The van der Waals surface area contributed by atoms with E-state index in [-0.39, 0.29) is 10.8 Å². The highest BCUT2D eigenvalue weighted by molar-refractivity contribution is 7.11. The summed E-state index contributed by atoms with van der Waals surface area (Å²) < 4.78 is 0. The van der Waals surface area contributed by atoms with E-state index in [2.05, 4.69) is 4.98 Å². The number of nitrogens with one attached hydrogen (secondary N) is 1. The Bertz CT molecular complexity index is 401. The molecule has 4 nitrogen and oxygen atoms in total. The second kappa shape index (κ2) is 3.57. The van der Waals surface area contributed by atoms with Crippen LogP contribution in [0.4, 0.5) is 0 Å². The molecule has 0 aliphatic carbocycles. The number of aryl methyl sites for hydroxylation is 1. The zero-order chi connectivity index (χ0) is 10.1. The van der Waals surface area contributed by atoms with E-state index in [9.17, 15) is 9.59 Å². The Balaban J connectivity index is 2.26. The number of likely N-dealkylation sites (tertiary alicyclic amines) is 1. The largest absolute Gasteiger partial charge is 0.338 e. The minimum absolute atomic E-state index is 0.00310. The molecule has 0 radical (unpaired) electrons. The van der Waals surface area contributed by atoms with Crippen molar-refractivity contribution in [3.05, 3.63) is 20.2 Å². The number of hydrogen-bond acceptors (Lipinski definition) is 3. The number of thiazole rings is 1. The van der Waals surface area contributed by atoms with E-state index < -0.39 is 0 Å². The van der Waals surface area contributed by atoms with Crippen molar-refractivity contribution in [3.63, 3.8) is 0 Å². The highest BCUT2D eigenvalue weighted by Gasteiger charge is 2.22. The summed E-state index contributed by atoms with van der Waals surface area (Å²) >= 11 is 1.01. The van der Waals surface area contributed by atoms with Gasteiger partial charge in [-0.05, 0) is 19.8 Å². The molecule has 5 heteroatoms. The predicted octanol–water partition coefficient (Wildman–Crippen LogP) is 0.981. The summed E-state index contributed by atoms with van der Waals surface area (Å²) in [5, 5.41) is 0. The summed E-state index contributed by atoms with van der Waals surface area (Å²) in [5.74, 6) is 0.00310. The zero-order valence-electron chi connectivity index (χ0n) is 8.00. The van der Waals surface area contributed by atoms with Crippen LogP contribution < -0.4 is 4.87 Å². The van der Waals surface area contributed by atoms with Crippen LogP contribution in [-0.2, 0) is 0 Å². The summed E-state index contributed by atoms with van der Waals surface area (Å²) in [7, 11) is 0. The van der Waals surface area contributed by atoms with E-state index in [0.717, 1.165) is 37.3 Å². The Morgan fingerprint density at radius 1 is 1.43 bits per heavy atom. The van der Waals surface area contributed by atoms with Crippen molar-refractivity contribution < 1.29 is 4.79 Å². The molecule has 0 bridgehead atoms. The van der Waals surface area contributed by atoms with Crippen LogP contribution in [0, 0.1) is 6.92 Å². The van der Waals surface area contributed by atoms with E-state index in [1.165, 1.54) is 0 Å². The molecule has 1 saturated heterocycles. The first kappa shape index (κ1) is 9.45. The Morgan fingerprint density at radius 3 is 2.57 bits per heavy atom. The zero-order valence-corrected chi connectivity index (χ0v) is 8.82. The molecule has 1 fully saturated rings. The molecule has 0 saturated carbocycles. The maximum atomic E-state index is 11.9. The van der Waals surface area contributed by atoms with Crippen LogP contribution in [0.1, 0.15) is 28.2 Å². The fourth-order valence-corrected chi connectivity index (χ4v) is 2.48. The van der Waals surface area contributed by atoms with Gasteiger partial charge in [0.15, 0.2) is 0 Å². The Kier molecular flexibility index (Phi) is 2.41. The third-order valence-corrected chi connectivity index (χ3v) is 3.38. The van der Waals surface area contributed by atoms with Crippen LogP contribution in [0.25, 0.3) is 0 Å². The Hall–Kier alpha value is -1.10. The fraction of sp³-hybridized carbons (Fsp3) is 0.556. The van der Waals surface area contributed by atoms with Crippen LogP contribution in [0.3, 0.4) is 0 Å². The van der Waals surface area contributed by atoms with Gasteiger partial charge >= 0.3 is 4.87 Å². The third-order valence-electron chi connectivity index (χ3n) is 2.41. The highest BCUT2D eigenvalue weighted by Crippen LogP contribution is 2.16. The molecule has 0 spiro atoms. The van der Waals surface area contributed by atoms with Gasteiger partial charge in [0.05, 0.1) is 0 Å². The van der Waals surface area contributed by atoms with Crippen molar-refractivity contribution in [2.24, 2.45) is 0 Å². The molecule has 76 valence electrons. The molecule has 14 heavy (non-hydrogen) atoms. The van der Waals surface area contributed by atoms with Crippen molar-refractivity contribution >= 4 is 17.2 Å². The van der Waals surface area contributed by atoms with Gasteiger partial charge in [-0.1, -0.05) is 11.3 Å². The number of amides is 1. The Labute approximate surface area is 85.6 Å². The lowest BCUT2D eigenvalue weighted by atomic mass is 10.3. The average molecular weight is 212 g/mol. The molecule has 0 atom stereocenters. The van der Waals surface area contributed by atoms with Gasteiger partial charge in [-0.3, -0.25) is 9.59 Å². The SMILES string of the molecule is Cc1[nH]c(=O)sc1C(=O)N1CCCC1. The van der Waals surface area contributed by atoms with Gasteiger partial charge in [0.25, 0.3) is 5.91 Å². The van der Waals surface area contributed by atoms with E-state index in [0.29, 0.717) is 10.6 Å². The van der Waals surface area contributed by atoms with Crippen molar-refractivity contribution in [2.45, 2.75) is 19.8 Å². The molecule has 0 unspecified atom stereocenters. The summed E-state index contributed by atoms with van der Waals surface area (Å²) in [6, 6.07) is 0. The first-order chi connectivity index (χ1) is 6.68. The summed E-state index contributed by atoms with van der Waals surface area (Å²) in [6.45, 7) is 3.41. The van der Waals surface area contributed by atoms with Crippen molar-refractivity contribution in [2.75, 3.05) is 13.1 Å². The molecule has 1 aliphatic rings. The number of carbonyl (C=O) groups is 1. The van der Waals surface area contributed by atoms with Gasteiger partial charge in [0.1, 0.15) is 4.88 Å². The number of carbonyl (C=O) groups excluding carboxylic acids is 1. The maximum absolute atomic E-state index is 11.9. The summed E-state index contributed by atoms with van der Waals surface area (Å²) in [4.78, 5) is 27.7. The van der Waals surface area contributed by atoms with E-state index in [1.807, 2.05) is 4.90 Å². The van der Waals surface area contributed by atoms with Crippen LogP contribution >= 0.6 is 11.3 Å². The van der Waals surface area contributed by atoms with Crippen LogP contribution in [0.5, 0.6) is 0 Å². The minimum Gasteiger partial charge on any atom is -0.338 e. The number of H-pyrrole nitrogens is 1. The standard InChI is InChI=1S/C9H12N2O2S/c1-6-7(14-9(13)10-6)8(12)11-4-2-3-5-11/h2-5H2,1H3,(H,10,13). The molecule has 1 aliphatic heterocycles. The number of aromatic amines is 1.